The van der Waals surface area contributed by atoms with Crippen molar-refractivity contribution in [1.82, 2.24) is 14.6 Å². The highest BCUT2D eigenvalue weighted by molar-refractivity contribution is 8.09. The van der Waals surface area contributed by atoms with Gasteiger partial charge in [-0.15, -0.1) is 0 Å². The number of nitrogens with two attached hydrogens (primary N) is 1. The molecule has 1 aromatic heterocycles. The molecule has 5 atom stereocenters. The average molecular weight is 563 g/mol. The quantitative estimate of drug-likeness (QED) is 0.274. The molecule has 4 N–H and O–H groups in total. The molecule has 5 unspecified atom stereocenters. The van der Waals surface area contributed by atoms with Crippen molar-refractivity contribution in [3.8, 4) is 5.75 Å². The topological polar surface area (TPSA) is 147 Å². The van der Waals surface area contributed by atoms with E-state index < -0.39 is 67.8 Å². The van der Waals surface area contributed by atoms with Crippen LogP contribution in [0.3, 0.4) is 0 Å². The molecule has 1 saturated heterocycles. The molecule has 1 aliphatic rings. The minimum absolute atomic E-state index is 0.0767. The van der Waals surface area contributed by atoms with E-state index in [4.69, 9.17) is 36.1 Å². The van der Waals surface area contributed by atoms with Crippen LogP contribution in [-0.4, -0.2) is 57.5 Å². The number of aliphatic hydroxyl groups is 1. The third-order valence-corrected chi connectivity index (χ3v) is 7.75. The van der Waals surface area contributed by atoms with Gasteiger partial charge in [0.15, 0.2) is 11.8 Å². The second-order valence-corrected chi connectivity index (χ2v) is 11.8. The van der Waals surface area contributed by atoms with E-state index in [1.807, 2.05) is 0 Å². The fourth-order valence-electron chi connectivity index (χ4n) is 3.51. The number of hydrogen-bond donors (Lipinski definition) is 3. The number of nitrogens with one attached hydrogen (secondary N) is 1. The molecular formula is C22H29F2N4O7PS. The summed E-state index contributed by atoms with van der Waals surface area (Å²) >= 11 is 5.56. The van der Waals surface area contributed by atoms with Gasteiger partial charge in [0.25, 0.3) is 6.43 Å². The van der Waals surface area contributed by atoms with Crippen LogP contribution in [0.4, 0.5) is 14.6 Å². The maximum Gasteiger partial charge on any atom is 0.351 e. The summed E-state index contributed by atoms with van der Waals surface area (Å²) in [5.41, 5.74) is 2.25. The van der Waals surface area contributed by atoms with E-state index in [1.165, 1.54) is 19.2 Å². The Morgan fingerprint density at radius 2 is 2.03 bits per heavy atom. The Balaban J connectivity index is 1.85. The first-order valence-corrected chi connectivity index (χ1v) is 13.9. The first-order chi connectivity index (χ1) is 17.3. The number of para-hydroxylation sites is 1. The van der Waals surface area contributed by atoms with Crippen molar-refractivity contribution >= 4 is 30.2 Å². The molecule has 3 rings (SSSR count). The van der Waals surface area contributed by atoms with Crippen molar-refractivity contribution in [2.75, 3.05) is 12.3 Å². The molecular weight excluding hydrogens is 533 g/mol. The summed E-state index contributed by atoms with van der Waals surface area (Å²) < 4.78 is 51.9. The van der Waals surface area contributed by atoms with Gasteiger partial charge in [0.05, 0.1) is 12.7 Å². The van der Waals surface area contributed by atoms with Gasteiger partial charge in [-0.05, 0) is 50.8 Å². The number of hydrogen-bond acceptors (Lipinski definition) is 10. The number of carbonyl (C=O) groups excluding carboxylic acids is 1. The molecule has 0 spiro atoms. The number of carbonyl (C=O) groups is 1. The third kappa shape index (κ3) is 7.30. The van der Waals surface area contributed by atoms with E-state index in [1.54, 1.807) is 44.2 Å². The second-order valence-electron chi connectivity index (χ2n) is 8.70. The normalized spacial score (nSPS) is 24.1. The zero-order valence-electron chi connectivity index (χ0n) is 20.3. The molecule has 11 nitrogen and oxygen atoms in total. The number of nitrogen functional groups attached to an aromatic ring is 1. The Hall–Kier alpha value is -2.48. The summed E-state index contributed by atoms with van der Waals surface area (Å²) in [5, 5.41) is 13.3. The predicted octanol–water partition coefficient (Wildman–Crippen LogP) is 2.36. The van der Waals surface area contributed by atoms with Crippen LogP contribution in [0.1, 0.15) is 33.4 Å². The average Bonchev–Trinajstić information content (AvgIpc) is 3.15. The molecule has 15 heteroatoms. The van der Waals surface area contributed by atoms with Gasteiger partial charge >= 0.3 is 18.3 Å². The number of nitrogens with zero attached hydrogens (tertiary/aromatic N) is 2. The molecule has 0 aliphatic carbocycles. The fraction of sp³-hybridized carbons (Fsp3) is 0.500. The molecule has 1 fully saturated rings. The fourth-order valence-corrected chi connectivity index (χ4v) is 5.95. The summed E-state index contributed by atoms with van der Waals surface area (Å²) in [7, 11) is 0. The zero-order valence-corrected chi connectivity index (χ0v) is 22.0. The monoisotopic (exact) mass is 562 g/mol. The predicted molar refractivity (Wildman–Crippen MR) is 134 cm³/mol. The van der Waals surface area contributed by atoms with Crippen molar-refractivity contribution in [2.24, 2.45) is 0 Å². The molecule has 0 bridgehead atoms. The van der Waals surface area contributed by atoms with Crippen LogP contribution in [0.15, 0.2) is 47.4 Å². The van der Waals surface area contributed by atoms with Crippen LogP contribution >= 0.6 is 6.64 Å². The van der Waals surface area contributed by atoms with E-state index in [0.717, 1.165) is 4.57 Å². The van der Waals surface area contributed by atoms with Crippen LogP contribution in [0.5, 0.6) is 5.75 Å². The molecule has 1 aromatic carbocycles. The van der Waals surface area contributed by atoms with Gasteiger partial charge in [0.1, 0.15) is 23.7 Å². The van der Waals surface area contributed by atoms with Gasteiger partial charge in [-0.1, -0.05) is 18.2 Å². The van der Waals surface area contributed by atoms with Crippen LogP contribution in [0.25, 0.3) is 0 Å². The molecule has 0 saturated carbocycles. The number of rotatable bonds is 11. The summed E-state index contributed by atoms with van der Waals surface area (Å²) in [5.74, 6) is -0.443. The van der Waals surface area contributed by atoms with E-state index in [9.17, 15) is 23.5 Å². The SMILES string of the molecule is CC(C)OC(=O)C(C)NP(=S)(OCC1(C(F)F)CC(O)C(n2ccc(N)nc2=O)O1)Oc1ccccc1. The van der Waals surface area contributed by atoms with Crippen LogP contribution in [0, 0.1) is 0 Å². The Kier molecular flexibility index (Phi) is 9.37. The zero-order chi connectivity index (χ0) is 27.4. The number of esters is 1. The molecule has 0 amide bonds. The maximum absolute atomic E-state index is 14.4. The number of alkyl halides is 2. The maximum atomic E-state index is 14.4. The van der Waals surface area contributed by atoms with Gasteiger partial charge < -0.3 is 29.4 Å². The molecule has 2 aromatic rings. The first kappa shape index (κ1) is 29.1. The van der Waals surface area contributed by atoms with Crippen molar-refractivity contribution in [3.05, 3.63) is 53.1 Å². The lowest BCUT2D eigenvalue weighted by molar-refractivity contribution is -0.169. The smallest absolute Gasteiger partial charge is 0.351 e. The van der Waals surface area contributed by atoms with Crippen molar-refractivity contribution in [1.29, 1.82) is 0 Å². The number of aliphatic hydroxyl groups excluding tert-OH is 1. The van der Waals surface area contributed by atoms with Crippen molar-refractivity contribution in [3.63, 3.8) is 0 Å². The number of anilines is 1. The number of benzene rings is 1. The minimum atomic E-state index is -3.67. The summed E-state index contributed by atoms with van der Waals surface area (Å²) in [4.78, 5) is 28.1. The largest absolute Gasteiger partial charge is 0.462 e. The van der Waals surface area contributed by atoms with Crippen LogP contribution in [-0.2, 0) is 30.6 Å². The second kappa shape index (κ2) is 11.9. The van der Waals surface area contributed by atoms with E-state index in [-0.39, 0.29) is 11.6 Å². The number of aromatic nitrogens is 2. The number of halogens is 2. The van der Waals surface area contributed by atoms with Gasteiger partial charge in [0, 0.05) is 12.6 Å². The van der Waals surface area contributed by atoms with Crippen molar-refractivity contribution < 1.29 is 37.2 Å². The Labute approximate surface area is 217 Å². The molecule has 37 heavy (non-hydrogen) atoms. The van der Waals surface area contributed by atoms with E-state index >= 15 is 0 Å². The highest BCUT2D eigenvalue weighted by Gasteiger charge is 2.54. The highest BCUT2D eigenvalue weighted by Crippen LogP contribution is 2.49. The Morgan fingerprint density at radius 3 is 2.62 bits per heavy atom. The summed E-state index contributed by atoms with van der Waals surface area (Å²) in [6.45, 7) is 0.327. The minimum Gasteiger partial charge on any atom is -0.462 e. The lowest BCUT2D eigenvalue weighted by Crippen LogP contribution is -2.44. The molecule has 0 radical (unpaired) electrons. The number of ether oxygens (including phenoxy) is 2. The highest BCUT2D eigenvalue weighted by atomic mass is 32.5. The molecule has 1 aliphatic heterocycles. The standard InChI is InChI=1S/C22H29F2N4O7PS/c1-13(2)33-19(30)14(3)27-36(37,35-15-7-5-4-6-8-15)32-12-22(20(23)24)11-16(29)18(34-22)28-10-9-17(25)26-21(28)31/h4-10,13-14,16,18,20,29H,11-12H2,1-3H3,(H,27,37)(H2,25,26,31). The van der Waals surface area contributed by atoms with Gasteiger partial charge in [-0.2, -0.15) is 4.98 Å². The van der Waals surface area contributed by atoms with Gasteiger partial charge in [-0.3, -0.25) is 9.36 Å². The van der Waals surface area contributed by atoms with E-state index in [0.29, 0.717) is 0 Å². The van der Waals surface area contributed by atoms with Crippen LogP contribution < -0.4 is 21.0 Å². The Bertz CT molecular complexity index is 1190. The summed E-state index contributed by atoms with van der Waals surface area (Å²) in [6.07, 6.45) is -5.91. The lowest BCUT2D eigenvalue weighted by atomic mass is 10.0. The van der Waals surface area contributed by atoms with Gasteiger partial charge in [0.2, 0.25) is 0 Å². The summed E-state index contributed by atoms with van der Waals surface area (Å²) in [6, 6.07) is 8.52. The third-order valence-electron chi connectivity index (χ3n) is 5.27. The molecule has 2 heterocycles. The lowest BCUT2D eigenvalue weighted by Gasteiger charge is -2.32. The van der Waals surface area contributed by atoms with Crippen LogP contribution in [0.2, 0.25) is 0 Å². The molecule has 204 valence electrons. The first-order valence-electron chi connectivity index (χ1n) is 11.3. The van der Waals surface area contributed by atoms with Gasteiger partial charge in [-0.25, -0.2) is 18.7 Å². The van der Waals surface area contributed by atoms with E-state index in [2.05, 4.69) is 10.1 Å². The van der Waals surface area contributed by atoms with Crippen molar-refractivity contribution in [2.45, 2.75) is 63.7 Å². The Morgan fingerprint density at radius 1 is 1.35 bits per heavy atom.